The summed E-state index contributed by atoms with van der Waals surface area (Å²) in [6, 6.07) is 96.7. The van der Waals surface area contributed by atoms with Gasteiger partial charge in [0.1, 0.15) is 5.82 Å². The van der Waals surface area contributed by atoms with Crippen molar-refractivity contribution in [2.24, 2.45) is 0 Å². The highest BCUT2D eigenvalue weighted by Gasteiger charge is 2.37. The van der Waals surface area contributed by atoms with Gasteiger partial charge in [0.2, 0.25) is 0 Å². The summed E-state index contributed by atoms with van der Waals surface area (Å²) >= 11 is 0. The average Bonchev–Trinajstić information content (AvgIpc) is 4.44. The first-order valence-corrected chi connectivity index (χ1v) is 29.6. The number of benzene rings is 12. The van der Waals surface area contributed by atoms with E-state index < -0.39 is 0 Å². The van der Waals surface area contributed by atoms with Crippen molar-refractivity contribution in [2.75, 3.05) is 0 Å². The van der Waals surface area contributed by atoms with Crippen LogP contribution in [0, 0.1) is 0 Å². The van der Waals surface area contributed by atoms with Crippen molar-refractivity contribution in [2.45, 2.75) is 38.5 Å². The van der Waals surface area contributed by atoms with Crippen molar-refractivity contribution in [1.29, 1.82) is 0 Å². The fourth-order valence-corrected chi connectivity index (χ4v) is 15.1. The van der Waals surface area contributed by atoms with Crippen LogP contribution in [0.15, 0.2) is 261 Å². The van der Waals surface area contributed by atoms with Crippen molar-refractivity contribution < 1.29 is 0 Å². The minimum Gasteiger partial charge on any atom is -0.309 e. The van der Waals surface area contributed by atoms with Crippen molar-refractivity contribution >= 4 is 76.3 Å². The Morgan fingerprint density at radius 2 is 0.635 bits per heavy atom. The number of hydrogen-bond acceptors (Lipinski definition) is 2. The number of aromatic nitrogens is 5. The molecule has 0 amide bonds. The number of fused-ring (bicyclic) bond motifs is 16. The smallest absolute Gasteiger partial charge is 0.162 e. The Kier molecular flexibility index (Phi) is 9.85. The number of rotatable bonds is 6. The Balaban J connectivity index is 0.811. The summed E-state index contributed by atoms with van der Waals surface area (Å²) in [5.74, 6) is 1.57. The molecule has 0 spiro atoms. The molecule has 4 heterocycles. The predicted molar refractivity (Wildman–Crippen MR) is 354 cm³/mol. The van der Waals surface area contributed by atoms with Gasteiger partial charge in [0.15, 0.2) is 5.82 Å². The molecule has 0 unspecified atom stereocenters. The van der Waals surface area contributed by atoms with Crippen LogP contribution in [-0.4, -0.2) is 23.7 Å². The van der Waals surface area contributed by atoms with Crippen LogP contribution in [0.3, 0.4) is 0 Å². The number of para-hydroxylation sites is 3. The van der Waals surface area contributed by atoms with Gasteiger partial charge >= 0.3 is 0 Å². The van der Waals surface area contributed by atoms with E-state index >= 15 is 0 Å². The molecule has 0 saturated carbocycles. The standard InChI is InChI=1S/C80H55N5/c1-79(2)66-25-13-8-20-55(66)57-36-34-53(46-68(57)79)83-71-28-16-11-22-59(71)62-42-49(30-38-73(62)83)51-31-39-74-64(44-51)65-45-52(32-40-75(65)84(74)54-35-37-58-56-21-9-14-26-67(56)80(3,4)69(58)47-54)50-33-41-76-63(43-50)60-23-12-17-29-72(60)85(76)78-61-24-10-15-27-70(61)81-77(82-78)48-18-6-5-7-19-48/h5-47H,1-4H3. The van der Waals surface area contributed by atoms with Crippen LogP contribution in [0.2, 0.25) is 0 Å². The maximum atomic E-state index is 5.36. The van der Waals surface area contributed by atoms with Gasteiger partial charge in [0.25, 0.3) is 0 Å². The van der Waals surface area contributed by atoms with Gasteiger partial charge in [-0.25, -0.2) is 9.97 Å². The van der Waals surface area contributed by atoms with E-state index in [0.717, 1.165) is 50.1 Å². The fraction of sp³-hybridized carbons (Fsp3) is 0.0750. The molecule has 0 radical (unpaired) electrons. The minimum absolute atomic E-state index is 0.0995. The lowest BCUT2D eigenvalue weighted by atomic mass is 9.82. The van der Waals surface area contributed by atoms with Crippen molar-refractivity contribution in [3.05, 3.63) is 283 Å². The number of hydrogen-bond donors (Lipinski definition) is 0. The van der Waals surface area contributed by atoms with Crippen molar-refractivity contribution in [3.63, 3.8) is 0 Å². The van der Waals surface area contributed by atoms with E-state index in [1.54, 1.807) is 0 Å². The van der Waals surface area contributed by atoms with E-state index in [2.05, 4.69) is 284 Å². The summed E-state index contributed by atoms with van der Waals surface area (Å²) < 4.78 is 7.30. The molecule has 0 fully saturated rings. The van der Waals surface area contributed by atoms with Crippen LogP contribution in [0.4, 0.5) is 0 Å². The summed E-state index contributed by atoms with van der Waals surface area (Å²) in [4.78, 5) is 10.4. The van der Waals surface area contributed by atoms with Crippen molar-refractivity contribution in [1.82, 2.24) is 23.7 Å². The molecule has 4 aromatic heterocycles. The quantitative estimate of drug-likeness (QED) is 0.166. The van der Waals surface area contributed by atoms with E-state index in [1.165, 1.54) is 116 Å². The van der Waals surface area contributed by atoms with Crippen LogP contribution in [0.1, 0.15) is 49.9 Å². The second-order valence-corrected chi connectivity index (χ2v) is 24.5. The van der Waals surface area contributed by atoms with Gasteiger partial charge in [-0.3, -0.25) is 4.57 Å². The SMILES string of the molecule is CC1(C)c2ccccc2-c2ccc(-n3c4ccccc4c4cc(-c5ccc6c(c5)c5cc(-c7ccc8c(c7)c7ccccc7n8-c7nc(-c8ccccc8)nc8ccccc78)ccc5n6-c5ccc6c(c5)C(C)(C)c5ccccc5-6)ccc43)cc21. The Bertz CT molecular complexity index is 5550. The molecule has 0 bridgehead atoms. The van der Waals surface area contributed by atoms with Gasteiger partial charge in [-0.1, -0.05) is 191 Å². The van der Waals surface area contributed by atoms with Gasteiger partial charge in [0.05, 0.1) is 38.6 Å². The molecule has 85 heavy (non-hydrogen) atoms. The molecule has 16 aromatic rings. The molecular formula is C80H55N5. The average molecular weight is 1090 g/mol. The molecule has 0 aliphatic heterocycles. The molecule has 0 atom stereocenters. The maximum Gasteiger partial charge on any atom is 0.162 e. The zero-order chi connectivity index (χ0) is 56.4. The monoisotopic (exact) mass is 1090 g/mol. The van der Waals surface area contributed by atoms with Gasteiger partial charge in [0, 0.05) is 65.5 Å². The van der Waals surface area contributed by atoms with E-state index in [4.69, 9.17) is 9.97 Å². The highest BCUT2D eigenvalue weighted by Crippen LogP contribution is 2.52. The minimum atomic E-state index is -0.141. The molecule has 2 aliphatic carbocycles. The molecule has 0 saturated heterocycles. The summed E-state index contributed by atoms with van der Waals surface area (Å²) in [6.45, 7) is 9.48. The highest BCUT2D eigenvalue weighted by molar-refractivity contribution is 6.15. The normalized spacial score (nSPS) is 13.8. The molecule has 5 heteroatoms. The topological polar surface area (TPSA) is 40.6 Å². The lowest BCUT2D eigenvalue weighted by Crippen LogP contribution is -2.15. The van der Waals surface area contributed by atoms with Gasteiger partial charge in [-0.15, -0.1) is 0 Å². The number of nitrogens with zero attached hydrogens (tertiary/aromatic N) is 5. The maximum absolute atomic E-state index is 5.36. The highest BCUT2D eigenvalue weighted by atomic mass is 15.1. The van der Waals surface area contributed by atoms with Crippen LogP contribution < -0.4 is 0 Å². The molecular weight excluding hydrogens is 1030 g/mol. The Morgan fingerprint density at radius 1 is 0.259 bits per heavy atom. The molecule has 0 N–H and O–H groups in total. The largest absolute Gasteiger partial charge is 0.309 e. The predicted octanol–water partition coefficient (Wildman–Crippen LogP) is 20.5. The lowest BCUT2D eigenvalue weighted by Gasteiger charge is -2.22. The Hall–Kier alpha value is -10.6. The third kappa shape index (κ3) is 6.81. The van der Waals surface area contributed by atoms with Crippen molar-refractivity contribution in [3.8, 4) is 73.1 Å². The first-order valence-electron chi connectivity index (χ1n) is 29.6. The van der Waals surface area contributed by atoms with Gasteiger partial charge < -0.3 is 9.13 Å². The summed E-state index contributed by atoms with van der Waals surface area (Å²) in [5.41, 5.74) is 26.4. The molecule has 2 aliphatic rings. The third-order valence-electron chi connectivity index (χ3n) is 19.3. The molecule has 12 aromatic carbocycles. The first kappa shape index (κ1) is 48.0. The fourth-order valence-electron chi connectivity index (χ4n) is 15.1. The first-order chi connectivity index (χ1) is 41.7. The van der Waals surface area contributed by atoms with Crippen LogP contribution in [-0.2, 0) is 10.8 Å². The molecule has 400 valence electrons. The molecule has 5 nitrogen and oxygen atoms in total. The second kappa shape index (κ2) is 17.5. The zero-order valence-electron chi connectivity index (χ0n) is 47.6. The van der Waals surface area contributed by atoms with Gasteiger partial charge in [-0.2, -0.15) is 0 Å². The summed E-state index contributed by atoms with van der Waals surface area (Å²) in [5, 5.41) is 8.26. The van der Waals surface area contributed by atoms with E-state index in [-0.39, 0.29) is 10.8 Å². The zero-order valence-corrected chi connectivity index (χ0v) is 47.6. The van der Waals surface area contributed by atoms with E-state index in [0.29, 0.717) is 5.82 Å². The van der Waals surface area contributed by atoms with Crippen LogP contribution in [0.25, 0.3) is 149 Å². The van der Waals surface area contributed by atoms with E-state index in [9.17, 15) is 0 Å². The van der Waals surface area contributed by atoms with Gasteiger partial charge in [-0.05, 0) is 164 Å². The Morgan fingerprint density at radius 3 is 1.14 bits per heavy atom. The van der Waals surface area contributed by atoms with Crippen LogP contribution in [0.5, 0.6) is 0 Å². The second-order valence-electron chi connectivity index (χ2n) is 24.5. The third-order valence-corrected chi connectivity index (χ3v) is 19.3. The summed E-state index contributed by atoms with van der Waals surface area (Å²) in [7, 11) is 0. The van der Waals surface area contributed by atoms with E-state index in [1.807, 2.05) is 18.2 Å². The summed E-state index contributed by atoms with van der Waals surface area (Å²) in [6.07, 6.45) is 0. The lowest BCUT2D eigenvalue weighted by molar-refractivity contribution is 0.660. The molecule has 18 rings (SSSR count). The Labute approximate surface area is 492 Å². The van der Waals surface area contributed by atoms with Crippen LogP contribution >= 0.6 is 0 Å².